The molecule has 0 bridgehead atoms. The number of halogens is 1. The average molecular weight is 391 g/mol. The van der Waals surface area contributed by atoms with Crippen LogP contribution in [0.25, 0.3) is 0 Å². The Hall–Kier alpha value is -0.630. The highest BCUT2D eigenvalue weighted by Crippen LogP contribution is 2.22. The third-order valence-electron chi connectivity index (χ3n) is 3.44. The van der Waals surface area contributed by atoms with Crippen LogP contribution in [0.4, 0.5) is 4.79 Å². The van der Waals surface area contributed by atoms with Crippen LogP contribution in [0.1, 0.15) is 24.1 Å². The lowest BCUT2D eigenvalue weighted by Gasteiger charge is -2.17. The van der Waals surface area contributed by atoms with Crippen molar-refractivity contribution >= 4 is 33.3 Å². The average Bonchev–Trinajstić information content (AvgIpc) is 3.14. The summed E-state index contributed by atoms with van der Waals surface area (Å²) >= 11 is 5.07. The standard InChI is InChI=1S/C15H23BrN2O3S/c1-18(10-13-5-6-14(16)22-13)15(19)17-7-3-8-20-11-12-4-2-9-21-12/h5-6,12H,2-4,7-11H2,1H3,(H,17,19)/t12-/m0/s1. The molecule has 7 heteroatoms. The van der Waals surface area contributed by atoms with Gasteiger partial charge in [-0.3, -0.25) is 0 Å². The van der Waals surface area contributed by atoms with Crippen molar-refractivity contribution in [3.8, 4) is 0 Å². The maximum atomic E-state index is 11.9. The van der Waals surface area contributed by atoms with Crippen molar-refractivity contribution in [2.24, 2.45) is 0 Å². The Morgan fingerprint density at radius 1 is 1.59 bits per heavy atom. The minimum atomic E-state index is -0.0522. The van der Waals surface area contributed by atoms with Crippen LogP contribution in [-0.4, -0.2) is 50.4 Å². The van der Waals surface area contributed by atoms with E-state index in [1.54, 1.807) is 23.3 Å². The van der Waals surface area contributed by atoms with Crippen LogP contribution < -0.4 is 5.32 Å². The van der Waals surface area contributed by atoms with Gasteiger partial charge in [-0.05, 0) is 47.3 Å². The summed E-state index contributed by atoms with van der Waals surface area (Å²) in [5, 5.41) is 2.91. The number of carbonyl (C=O) groups excluding carboxylic acids is 1. The van der Waals surface area contributed by atoms with E-state index >= 15 is 0 Å². The third kappa shape index (κ3) is 6.24. The van der Waals surface area contributed by atoms with Gasteiger partial charge < -0.3 is 19.7 Å². The first-order valence-corrected chi connectivity index (χ1v) is 9.18. The second-order valence-electron chi connectivity index (χ2n) is 5.36. The minimum Gasteiger partial charge on any atom is -0.379 e. The van der Waals surface area contributed by atoms with Gasteiger partial charge in [-0.25, -0.2) is 4.79 Å². The summed E-state index contributed by atoms with van der Waals surface area (Å²) in [4.78, 5) is 14.8. The van der Waals surface area contributed by atoms with Crippen LogP contribution in [0.3, 0.4) is 0 Å². The smallest absolute Gasteiger partial charge is 0.317 e. The molecule has 1 aliphatic rings. The van der Waals surface area contributed by atoms with Crippen molar-refractivity contribution in [1.82, 2.24) is 10.2 Å². The van der Waals surface area contributed by atoms with Gasteiger partial charge in [0, 0.05) is 31.7 Å². The first-order valence-electron chi connectivity index (χ1n) is 7.57. The van der Waals surface area contributed by atoms with Gasteiger partial charge in [0.1, 0.15) is 0 Å². The summed E-state index contributed by atoms with van der Waals surface area (Å²) < 4.78 is 12.1. The number of nitrogens with one attached hydrogen (secondary N) is 1. The Kier molecular flexibility index (Phi) is 7.65. The molecule has 2 rings (SSSR count). The number of amides is 2. The molecule has 22 heavy (non-hydrogen) atoms. The zero-order valence-electron chi connectivity index (χ0n) is 12.8. The molecule has 0 aromatic carbocycles. The van der Waals surface area contributed by atoms with E-state index in [-0.39, 0.29) is 12.1 Å². The van der Waals surface area contributed by atoms with Gasteiger partial charge in [0.05, 0.1) is 23.0 Å². The van der Waals surface area contributed by atoms with E-state index in [1.165, 1.54) is 0 Å². The topological polar surface area (TPSA) is 50.8 Å². The number of urea groups is 1. The summed E-state index contributed by atoms with van der Waals surface area (Å²) in [7, 11) is 1.80. The molecule has 1 N–H and O–H groups in total. The van der Waals surface area contributed by atoms with Gasteiger partial charge >= 0.3 is 6.03 Å². The summed E-state index contributed by atoms with van der Waals surface area (Å²) in [5.74, 6) is 0. The molecular formula is C15H23BrN2O3S. The molecule has 2 heterocycles. The molecule has 1 fully saturated rings. The number of nitrogens with zero attached hydrogens (tertiary/aromatic N) is 1. The van der Waals surface area contributed by atoms with Gasteiger partial charge in [0.15, 0.2) is 0 Å². The van der Waals surface area contributed by atoms with E-state index in [0.29, 0.717) is 26.3 Å². The van der Waals surface area contributed by atoms with Crippen molar-refractivity contribution in [2.45, 2.75) is 31.9 Å². The van der Waals surface area contributed by atoms with Crippen molar-refractivity contribution in [1.29, 1.82) is 0 Å². The Morgan fingerprint density at radius 2 is 2.45 bits per heavy atom. The van der Waals surface area contributed by atoms with E-state index in [9.17, 15) is 4.79 Å². The van der Waals surface area contributed by atoms with Crippen LogP contribution in [-0.2, 0) is 16.0 Å². The van der Waals surface area contributed by atoms with E-state index in [1.807, 2.05) is 12.1 Å². The maximum Gasteiger partial charge on any atom is 0.317 e. The first-order chi connectivity index (χ1) is 10.6. The molecule has 5 nitrogen and oxygen atoms in total. The predicted molar refractivity (Wildman–Crippen MR) is 91.3 cm³/mol. The molecule has 0 spiro atoms. The molecule has 0 radical (unpaired) electrons. The molecule has 1 aromatic heterocycles. The fourth-order valence-electron chi connectivity index (χ4n) is 2.24. The zero-order valence-corrected chi connectivity index (χ0v) is 15.2. The normalized spacial score (nSPS) is 17.6. The Morgan fingerprint density at radius 3 is 3.14 bits per heavy atom. The van der Waals surface area contributed by atoms with Crippen molar-refractivity contribution in [3.05, 3.63) is 20.8 Å². The maximum absolute atomic E-state index is 11.9. The number of thiophene rings is 1. The summed E-state index contributed by atoms with van der Waals surface area (Å²) in [6.45, 7) is 3.43. The first kappa shape index (κ1) is 17.7. The zero-order chi connectivity index (χ0) is 15.8. The van der Waals surface area contributed by atoms with Crippen molar-refractivity contribution < 1.29 is 14.3 Å². The predicted octanol–water partition coefficient (Wildman–Crippen LogP) is 3.24. The lowest BCUT2D eigenvalue weighted by molar-refractivity contribution is 0.0167. The van der Waals surface area contributed by atoms with E-state index in [4.69, 9.17) is 9.47 Å². The fraction of sp³-hybridized carbons (Fsp3) is 0.667. The lowest BCUT2D eigenvalue weighted by atomic mass is 10.2. The lowest BCUT2D eigenvalue weighted by Crippen LogP contribution is -2.37. The summed E-state index contributed by atoms with van der Waals surface area (Å²) in [6.07, 6.45) is 3.32. The van der Waals surface area contributed by atoms with E-state index < -0.39 is 0 Å². The number of hydrogen-bond donors (Lipinski definition) is 1. The summed E-state index contributed by atoms with van der Waals surface area (Å²) in [6, 6.07) is 3.97. The fourth-order valence-corrected chi connectivity index (χ4v) is 3.77. The molecule has 1 aliphatic heterocycles. The second-order valence-corrected chi connectivity index (χ2v) is 7.90. The van der Waals surface area contributed by atoms with E-state index in [0.717, 1.165) is 34.5 Å². The monoisotopic (exact) mass is 390 g/mol. The molecule has 1 saturated heterocycles. The highest BCUT2D eigenvalue weighted by Gasteiger charge is 2.15. The van der Waals surface area contributed by atoms with Gasteiger partial charge in [-0.1, -0.05) is 0 Å². The highest BCUT2D eigenvalue weighted by molar-refractivity contribution is 9.11. The highest BCUT2D eigenvalue weighted by atomic mass is 79.9. The Labute approximate surface area is 144 Å². The van der Waals surface area contributed by atoms with Gasteiger partial charge in [-0.15, -0.1) is 11.3 Å². The van der Waals surface area contributed by atoms with Crippen LogP contribution in [0.2, 0.25) is 0 Å². The number of ether oxygens (including phenoxy) is 2. The number of carbonyl (C=O) groups is 1. The van der Waals surface area contributed by atoms with Gasteiger partial charge in [0.2, 0.25) is 0 Å². The van der Waals surface area contributed by atoms with Crippen LogP contribution >= 0.6 is 27.3 Å². The molecule has 124 valence electrons. The quantitative estimate of drug-likeness (QED) is 0.693. The van der Waals surface area contributed by atoms with Gasteiger partial charge in [0.25, 0.3) is 0 Å². The SMILES string of the molecule is CN(Cc1ccc(Br)s1)C(=O)NCCCOC[C@@H]1CCCO1. The molecular weight excluding hydrogens is 368 g/mol. The van der Waals surface area contributed by atoms with Crippen molar-refractivity contribution in [2.75, 3.05) is 33.4 Å². The molecule has 0 unspecified atom stereocenters. The molecule has 1 atom stereocenters. The summed E-state index contributed by atoms with van der Waals surface area (Å²) in [5.41, 5.74) is 0. The Balaban J connectivity index is 1.51. The molecule has 1 aromatic rings. The number of rotatable bonds is 8. The largest absolute Gasteiger partial charge is 0.379 e. The van der Waals surface area contributed by atoms with Crippen LogP contribution in [0.15, 0.2) is 15.9 Å². The van der Waals surface area contributed by atoms with Crippen molar-refractivity contribution in [3.63, 3.8) is 0 Å². The van der Waals surface area contributed by atoms with Crippen LogP contribution in [0.5, 0.6) is 0 Å². The van der Waals surface area contributed by atoms with Gasteiger partial charge in [-0.2, -0.15) is 0 Å². The second kappa shape index (κ2) is 9.50. The number of hydrogen-bond acceptors (Lipinski definition) is 4. The van der Waals surface area contributed by atoms with E-state index in [2.05, 4.69) is 21.2 Å². The van der Waals surface area contributed by atoms with Crippen LogP contribution in [0, 0.1) is 0 Å². The molecule has 2 amide bonds. The molecule has 0 aliphatic carbocycles. The molecule has 0 saturated carbocycles. The Bertz CT molecular complexity index is 463. The minimum absolute atomic E-state index is 0.0522. The third-order valence-corrected chi connectivity index (χ3v) is 5.05.